The third-order valence-corrected chi connectivity index (χ3v) is 2.38. The normalized spacial score (nSPS) is 16.3. The van der Waals surface area contributed by atoms with Gasteiger partial charge >= 0.3 is 6.18 Å². The molecular formula is C8H9F3N2. The highest BCUT2D eigenvalue weighted by Crippen LogP contribution is 2.35. The highest BCUT2D eigenvalue weighted by Gasteiger charge is 2.39. The fourth-order valence-corrected chi connectivity index (χ4v) is 1.84. The number of halogens is 3. The summed E-state index contributed by atoms with van der Waals surface area (Å²) in [6.07, 6.45) is -2.26. The SMILES string of the molecule is Cn1nc(C(F)(F)F)c2c1CCC2. The summed E-state index contributed by atoms with van der Waals surface area (Å²) in [6.45, 7) is 0. The van der Waals surface area contributed by atoms with Crippen LogP contribution < -0.4 is 0 Å². The number of aromatic nitrogens is 2. The number of alkyl halides is 3. The van der Waals surface area contributed by atoms with E-state index < -0.39 is 11.9 Å². The van der Waals surface area contributed by atoms with Crippen molar-refractivity contribution in [1.82, 2.24) is 9.78 Å². The van der Waals surface area contributed by atoms with Crippen LogP contribution in [-0.4, -0.2) is 9.78 Å². The van der Waals surface area contributed by atoms with Crippen molar-refractivity contribution in [2.45, 2.75) is 25.4 Å². The van der Waals surface area contributed by atoms with Crippen LogP contribution in [0.2, 0.25) is 0 Å². The zero-order valence-electron chi connectivity index (χ0n) is 7.15. The summed E-state index contributed by atoms with van der Waals surface area (Å²) < 4.78 is 38.5. The predicted molar refractivity (Wildman–Crippen MR) is 40.2 cm³/mol. The van der Waals surface area contributed by atoms with Gasteiger partial charge in [0.25, 0.3) is 0 Å². The highest BCUT2D eigenvalue weighted by molar-refractivity contribution is 5.32. The first kappa shape index (κ1) is 8.59. The van der Waals surface area contributed by atoms with Crippen LogP contribution in [0.4, 0.5) is 13.2 Å². The van der Waals surface area contributed by atoms with E-state index in [0.717, 1.165) is 18.5 Å². The van der Waals surface area contributed by atoms with Crippen LogP contribution in [0, 0.1) is 0 Å². The van der Waals surface area contributed by atoms with Crippen LogP contribution in [-0.2, 0) is 26.1 Å². The standard InChI is InChI=1S/C8H9F3N2/c1-13-6-4-2-3-5(6)7(12-13)8(9,10)11/h2-4H2,1H3. The van der Waals surface area contributed by atoms with E-state index in [4.69, 9.17) is 0 Å². The van der Waals surface area contributed by atoms with Gasteiger partial charge in [-0.3, -0.25) is 4.68 Å². The molecule has 2 nitrogen and oxygen atoms in total. The van der Waals surface area contributed by atoms with Gasteiger partial charge in [-0.05, 0) is 19.3 Å². The maximum atomic E-state index is 12.4. The molecule has 0 aromatic carbocycles. The molecular weight excluding hydrogens is 181 g/mol. The molecule has 0 saturated carbocycles. The average molecular weight is 190 g/mol. The van der Waals surface area contributed by atoms with Crippen LogP contribution >= 0.6 is 0 Å². The zero-order valence-corrected chi connectivity index (χ0v) is 7.15. The fraction of sp³-hybridized carbons (Fsp3) is 0.625. The Morgan fingerprint density at radius 1 is 1.31 bits per heavy atom. The maximum Gasteiger partial charge on any atom is 0.435 e. The molecule has 0 unspecified atom stereocenters. The molecule has 72 valence electrons. The number of rotatable bonds is 0. The summed E-state index contributed by atoms with van der Waals surface area (Å²) in [6, 6.07) is 0. The minimum Gasteiger partial charge on any atom is -0.272 e. The lowest BCUT2D eigenvalue weighted by Gasteiger charge is -2.03. The lowest BCUT2D eigenvalue weighted by atomic mass is 10.2. The molecule has 0 saturated heterocycles. The number of hydrogen-bond donors (Lipinski definition) is 0. The molecule has 0 radical (unpaired) electrons. The molecule has 0 atom stereocenters. The largest absolute Gasteiger partial charge is 0.435 e. The van der Waals surface area contributed by atoms with Crippen LogP contribution in [0.1, 0.15) is 23.4 Å². The summed E-state index contributed by atoms with van der Waals surface area (Å²) in [5, 5.41) is 3.50. The van der Waals surface area contributed by atoms with Gasteiger partial charge in [-0.1, -0.05) is 0 Å². The molecule has 0 amide bonds. The third kappa shape index (κ3) is 1.22. The summed E-state index contributed by atoms with van der Waals surface area (Å²) in [5.74, 6) is 0. The van der Waals surface area contributed by atoms with Gasteiger partial charge in [-0.2, -0.15) is 18.3 Å². The van der Waals surface area contributed by atoms with Gasteiger partial charge in [0.15, 0.2) is 5.69 Å². The monoisotopic (exact) mass is 190 g/mol. The van der Waals surface area contributed by atoms with E-state index in [1.807, 2.05) is 0 Å². The molecule has 0 N–H and O–H groups in total. The van der Waals surface area contributed by atoms with E-state index in [1.54, 1.807) is 7.05 Å². The van der Waals surface area contributed by atoms with Crippen molar-refractivity contribution in [1.29, 1.82) is 0 Å². The number of fused-ring (bicyclic) bond motifs is 1. The Balaban J connectivity index is 2.55. The number of hydrogen-bond acceptors (Lipinski definition) is 1. The Morgan fingerprint density at radius 3 is 2.62 bits per heavy atom. The molecule has 5 heteroatoms. The van der Waals surface area contributed by atoms with Gasteiger partial charge in [-0.25, -0.2) is 0 Å². The van der Waals surface area contributed by atoms with Crippen molar-refractivity contribution in [2.75, 3.05) is 0 Å². The summed E-state index contributed by atoms with van der Waals surface area (Å²) in [7, 11) is 1.57. The number of aryl methyl sites for hydroxylation is 1. The van der Waals surface area contributed by atoms with Gasteiger partial charge in [0.1, 0.15) is 0 Å². The molecule has 1 heterocycles. The van der Waals surface area contributed by atoms with E-state index >= 15 is 0 Å². The molecule has 0 fully saturated rings. The molecule has 0 spiro atoms. The topological polar surface area (TPSA) is 17.8 Å². The van der Waals surface area contributed by atoms with Crippen molar-refractivity contribution < 1.29 is 13.2 Å². The van der Waals surface area contributed by atoms with Crippen molar-refractivity contribution in [3.63, 3.8) is 0 Å². The van der Waals surface area contributed by atoms with E-state index in [-0.39, 0.29) is 0 Å². The summed E-state index contributed by atoms with van der Waals surface area (Å²) >= 11 is 0. The van der Waals surface area contributed by atoms with Crippen LogP contribution in [0.5, 0.6) is 0 Å². The summed E-state index contributed by atoms with van der Waals surface area (Å²) in [5.41, 5.74) is 0.449. The first-order valence-corrected chi connectivity index (χ1v) is 4.12. The van der Waals surface area contributed by atoms with Crippen molar-refractivity contribution in [2.24, 2.45) is 7.05 Å². The lowest BCUT2D eigenvalue weighted by molar-refractivity contribution is -0.142. The summed E-state index contributed by atoms with van der Waals surface area (Å²) in [4.78, 5) is 0. The molecule has 13 heavy (non-hydrogen) atoms. The molecule has 0 bridgehead atoms. The fourth-order valence-electron chi connectivity index (χ4n) is 1.84. The quantitative estimate of drug-likeness (QED) is 0.611. The van der Waals surface area contributed by atoms with Gasteiger partial charge < -0.3 is 0 Å². The molecule has 2 rings (SSSR count). The molecule has 1 aliphatic rings. The van der Waals surface area contributed by atoms with Crippen LogP contribution in [0.15, 0.2) is 0 Å². The highest BCUT2D eigenvalue weighted by atomic mass is 19.4. The zero-order chi connectivity index (χ0) is 9.64. The molecule has 1 aromatic rings. The van der Waals surface area contributed by atoms with Gasteiger partial charge in [-0.15, -0.1) is 0 Å². The molecule has 0 aliphatic heterocycles. The second-order valence-corrected chi connectivity index (χ2v) is 3.25. The Kier molecular flexibility index (Phi) is 1.65. The van der Waals surface area contributed by atoms with Crippen LogP contribution in [0.3, 0.4) is 0 Å². The maximum absolute atomic E-state index is 12.4. The Bertz CT molecular complexity index is 338. The Hall–Kier alpha value is -1.00. The predicted octanol–water partition coefficient (Wildman–Crippen LogP) is 1.93. The minimum atomic E-state index is -4.30. The van der Waals surface area contributed by atoms with E-state index in [1.165, 1.54) is 4.68 Å². The lowest BCUT2D eigenvalue weighted by Crippen LogP contribution is -2.09. The van der Waals surface area contributed by atoms with Gasteiger partial charge in [0.05, 0.1) is 0 Å². The second kappa shape index (κ2) is 2.49. The average Bonchev–Trinajstić information content (AvgIpc) is 2.51. The van der Waals surface area contributed by atoms with E-state index in [0.29, 0.717) is 12.0 Å². The van der Waals surface area contributed by atoms with Crippen LogP contribution in [0.25, 0.3) is 0 Å². The van der Waals surface area contributed by atoms with Crippen molar-refractivity contribution in [3.8, 4) is 0 Å². The van der Waals surface area contributed by atoms with E-state index in [9.17, 15) is 13.2 Å². The first-order valence-electron chi connectivity index (χ1n) is 4.12. The van der Waals surface area contributed by atoms with E-state index in [2.05, 4.69) is 5.10 Å². The van der Waals surface area contributed by atoms with Crippen molar-refractivity contribution >= 4 is 0 Å². The molecule has 1 aromatic heterocycles. The second-order valence-electron chi connectivity index (χ2n) is 3.25. The number of nitrogens with zero attached hydrogens (tertiary/aromatic N) is 2. The van der Waals surface area contributed by atoms with Gasteiger partial charge in [0, 0.05) is 18.3 Å². The first-order chi connectivity index (χ1) is 6.00. The minimum absolute atomic E-state index is 0.398. The van der Waals surface area contributed by atoms with Crippen molar-refractivity contribution in [3.05, 3.63) is 17.0 Å². The Labute approximate surface area is 73.4 Å². The third-order valence-electron chi connectivity index (χ3n) is 2.38. The smallest absolute Gasteiger partial charge is 0.272 e. The Morgan fingerprint density at radius 2 is 2.00 bits per heavy atom. The van der Waals surface area contributed by atoms with Gasteiger partial charge in [0.2, 0.25) is 0 Å². The molecule has 1 aliphatic carbocycles.